The number of hydrogen-bond donors (Lipinski definition) is 4. The highest BCUT2D eigenvalue weighted by Gasteiger charge is 2.19. The Hall–Kier alpha value is -1.45. The first-order valence-electron chi connectivity index (χ1n) is 10.9. The van der Waals surface area contributed by atoms with Crippen LogP contribution in [0.2, 0.25) is 0 Å². The normalized spacial score (nSPS) is 12.1. The van der Waals surface area contributed by atoms with Gasteiger partial charge in [-0.3, -0.25) is 9.69 Å². The molecule has 1 aromatic carbocycles. The molecule has 0 saturated carbocycles. The summed E-state index contributed by atoms with van der Waals surface area (Å²) in [5, 5.41) is 9.76. The number of carbonyl (C=O) groups is 2. The molecule has 1 amide bonds. The standard InChI is InChI=1S/C22H39N5O2S/c1-27(22(30-18-17-28)20-9-3-2-4-10-20)19-21(29)26-16-8-15-25-13-6-5-12-24-14-7-11-23/h2-4,9-10,17,22,24-25H,5-8,11-16,18-19,23H2,1H3,(H,26,29). The fourth-order valence-electron chi connectivity index (χ4n) is 3.01. The molecule has 0 aliphatic carbocycles. The number of nitrogens with one attached hydrogen (secondary N) is 3. The highest BCUT2D eigenvalue weighted by Crippen LogP contribution is 2.30. The van der Waals surface area contributed by atoms with Gasteiger partial charge in [0.05, 0.1) is 17.7 Å². The molecule has 0 radical (unpaired) electrons. The first kappa shape index (κ1) is 26.6. The molecular weight excluding hydrogens is 398 g/mol. The number of amides is 1. The Kier molecular flexibility index (Phi) is 16.2. The van der Waals surface area contributed by atoms with Crippen LogP contribution in [0.15, 0.2) is 30.3 Å². The first-order chi connectivity index (χ1) is 14.7. The van der Waals surface area contributed by atoms with E-state index in [1.807, 2.05) is 42.3 Å². The second-order valence-electron chi connectivity index (χ2n) is 7.23. The molecule has 0 spiro atoms. The maximum atomic E-state index is 12.3. The van der Waals surface area contributed by atoms with E-state index in [4.69, 9.17) is 5.73 Å². The van der Waals surface area contributed by atoms with Crippen LogP contribution < -0.4 is 21.7 Å². The zero-order valence-electron chi connectivity index (χ0n) is 18.3. The van der Waals surface area contributed by atoms with Crippen LogP contribution in [0.5, 0.6) is 0 Å². The summed E-state index contributed by atoms with van der Waals surface area (Å²) in [4.78, 5) is 25.1. The van der Waals surface area contributed by atoms with E-state index in [1.54, 1.807) is 0 Å². The topological polar surface area (TPSA) is 99.5 Å². The van der Waals surface area contributed by atoms with Crippen LogP contribution in [0.1, 0.15) is 36.6 Å². The van der Waals surface area contributed by atoms with Crippen LogP contribution in [0.4, 0.5) is 0 Å². The second kappa shape index (κ2) is 18.3. The summed E-state index contributed by atoms with van der Waals surface area (Å²) in [7, 11) is 1.92. The van der Waals surface area contributed by atoms with Gasteiger partial charge in [0.15, 0.2) is 0 Å². The maximum Gasteiger partial charge on any atom is 0.234 e. The van der Waals surface area contributed by atoms with Gasteiger partial charge in [0, 0.05) is 6.54 Å². The molecule has 8 heteroatoms. The van der Waals surface area contributed by atoms with Gasteiger partial charge in [0.1, 0.15) is 6.29 Å². The average Bonchev–Trinajstić information content (AvgIpc) is 2.75. The van der Waals surface area contributed by atoms with E-state index < -0.39 is 0 Å². The van der Waals surface area contributed by atoms with Crippen molar-refractivity contribution >= 4 is 24.0 Å². The number of nitrogens with two attached hydrogens (primary N) is 1. The molecule has 1 aromatic rings. The fraction of sp³-hybridized carbons (Fsp3) is 0.636. The highest BCUT2D eigenvalue weighted by molar-refractivity contribution is 8.00. The highest BCUT2D eigenvalue weighted by atomic mass is 32.2. The van der Waals surface area contributed by atoms with E-state index in [0.717, 1.165) is 70.3 Å². The van der Waals surface area contributed by atoms with Crippen LogP contribution in [0.3, 0.4) is 0 Å². The monoisotopic (exact) mass is 437 g/mol. The van der Waals surface area contributed by atoms with Crippen LogP contribution in [0.25, 0.3) is 0 Å². The van der Waals surface area contributed by atoms with Crippen molar-refractivity contribution in [3.05, 3.63) is 35.9 Å². The third-order valence-corrected chi connectivity index (χ3v) is 5.84. The minimum absolute atomic E-state index is 0.00804. The summed E-state index contributed by atoms with van der Waals surface area (Å²) in [5.74, 6) is 0.412. The second-order valence-corrected chi connectivity index (χ2v) is 8.34. The molecule has 0 aliphatic heterocycles. The Morgan fingerprint density at radius 2 is 1.67 bits per heavy atom. The molecule has 0 aliphatic rings. The number of thioether (sulfide) groups is 1. The number of benzene rings is 1. The molecule has 1 atom stereocenters. The van der Waals surface area contributed by atoms with Crippen molar-refractivity contribution in [2.24, 2.45) is 5.73 Å². The lowest BCUT2D eigenvalue weighted by Crippen LogP contribution is -2.37. The van der Waals surface area contributed by atoms with Gasteiger partial charge >= 0.3 is 0 Å². The molecule has 0 saturated heterocycles. The number of hydrogen-bond acceptors (Lipinski definition) is 7. The predicted octanol–water partition coefficient (Wildman–Crippen LogP) is 1.36. The third-order valence-electron chi connectivity index (χ3n) is 4.57. The molecule has 0 bridgehead atoms. The smallest absolute Gasteiger partial charge is 0.234 e. The first-order valence-corrected chi connectivity index (χ1v) is 11.9. The van der Waals surface area contributed by atoms with E-state index >= 15 is 0 Å². The summed E-state index contributed by atoms with van der Waals surface area (Å²) in [6.45, 7) is 5.66. The number of aldehydes is 1. The van der Waals surface area contributed by atoms with Crippen LogP contribution in [0, 0.1) is 0 Å². The quantitative estimate of drug-likeness (QED) is 0.147. The molecule has 7 nitrogen and oxygen atoms in total. The number of rotatable bonds is 19. The van der Waals surface area contributed by atoms with Gasteiger partial charge in [-0.05, 0) is 71.0 Å². The minimum atomic E-state index is -0.0198. The Balaban J connectivity index is 2.13. The predicted molar refractivity (Wildman–Crippen MR) is 127 cm³/mol. The van der Waals surface area contributed by atoms with Gasteiger partial charge < -0.3 is 26.5 Å². The van der Waals surface area contributed by atoms with Crippen molar-refractivity contribution in [2.75, 3.05) is 58.6 Å². The number of unbranched alkanes of at least 4 members (excludes halogenated alkanes) is 1. The average molecular weight is 438 g/mol. The fourth-order valence-corrected chi connectivity index (χ4v) is 3.95. The van der Waals surface area contributed by atoms with E-state index in [0.29, 0.717) is 18.8 Å². The van der Waals surface area contributed by atoms with Crippen LogP contribution >= 0.6 is 11.8 Å². The lowest BCUT2D eigenvalue weighted by molar-refractivity contribution is -0.122. The lowest BCUT2D eigenvalue weighted by atomic mass is 10.2. The van der Waals surface area contributed by atoms with E-state index in [2.05, 4.69) is 16.0 Å². The molecule has 5 N–H and O–H groups in total. The lowest BCUT2D eigenvalue weighted by Gasteiger charge is -2.27. The zero-order valence-corrected chi connectivity index (χ0v) is 19.1. The largest absolute Gasteiger partial charge is 0.355 e. The van der Waals surface area contributed by atoms with Crippen molar-refractivity contribution in [2.45, 2.75) is 31.1 Å². The van der Waals surface area contributed by atoms with Crippen molar-refractivity contribution < 1.29 is 9.59 Å². The zero-order chi connectivity index (χ0) is 21.9. The summed E-state index contributed by atoms with van der Waals surface area (Å²) in [5.41, 5.74) is 6.55. The van der Waals surface area contributed by atoms with Gasteiger partial charge in [0.25, 0.3) is 0 Å². The van der Waals surface area contributed by atoms with E-state index in [9.17, 15) is 9.59 Å². The number of nitrogens with zero attached hydrogens (tertiary/aromatic N) is 1. The molecule has 30 heavy (non-hydrogen) atoms. The van der Waals surface area contributed by atoms with Crippen molar-refractivity contribution in [1.82, 2.24) is 20.9 Å². The molecule has 170 valence electrons. The number of carbonyl (C=O) groups excluding carboxylic acids is 2. The van der Waals surface area contributed by atoms with E-state index in [1.165, 1.54) is 11.8 Å². The molecule has 0 aromatic heterocycles. The van der Waals surface area contributed by atoms with E-state index in [-0.39, 0.29) is 11.3 Å². The Labute approximate surface area is 185 Å². The van der Waals surface area contributed by atoms with Gasteiger partial charge in [-0.2, -0.15) is 0 Å². The van der Waals surface area contributed by atoms with Crippen molar-refractivity contribution in [3.63, 3.8) is 0 Å². The SMILES string of the molecule is CN(CC(=O)NCCCNCCCCNCCCN)C(SCC=O)c1ccccc1. The van der Waals surface area contributed by atoms with Crippen LogP contribution in [-0.2, 0) is 9.59 Å². The van der Waals surface area contributed by atoms with Crippen LogP contribution in [-0.4, -0.2) is 75.7 Å². The van der Waals surface area contributed by atoms with Gasteiger partial charge in [-0.15, -0.1) is 11.8 Å². The number of likely N-dealkylation sites (N-methyl/N-ethyl adjacent to an activating group) is 1. The van der Waals surface area contributed by atoms with Gasteiger partial charge in [0.2, 0.25) is 5.91 Å². The van der Waals surface area contributed by atoms with Crippen molar-refractivity contribution in [1.29, 1.82) is 0 Å². The Morgan fingerprint density at radius 1 is 1.03 bits per heavy atom. The summed E-state index contributed by atoms with van der Waals surface area (Å²) in [6.07, 6.45) is 5.15. The minimum Gasteiger partial charge on any atom is -0.355 e. The van der Waals surface area contributed by atoms with Gasteiger partial charge in [-0.25, -0.2) is 0 Å². The summed E-state index contributed by atoms with van der Waals surface area (Å²) < 4.78 is 0. The van der Waals surface area contributed by atoms with Gasteiger partial charge in [-0.1, -0.05) is 30.3 Å². The molecular formula is C22H39N5O2S. The molecule has 1 unspecified atom stereocenters. The molecule has 0 fully saturated rings. The third kappa shape index (κ3) is 13.0. The Bertz CT molecular complexity index is 562. The van der Waals surface area contributed by atoms with Crippen molar-refractivity contribution in [3.8, 4) is 0 Å². The molecule has 0 heterocycles. The summed E-state index contributed by atoms with van der Waals surface area (Å²) in [6, 6.07) is 9.97. The molecule has 1 rings (SSSR count). The summed E-state index contributed by atoms with van der Waals surface area (Å²) >= 11 is 1.53. The maximum absolute atomic E-state index is 12.3. The Morgan fingerprint density at radius 3 is 2.30 bits per heavy atom.